The molecule has 0 aromatic heterocycles. The summed E-state index contributed by atoms with van der Waals surface area (Å²) in [5.41, 5.74) is 0.537. The van der Waals surface area contributed by atoms with Gasteiger partial charge in [-0.2, -0.15) is 0 Å². The lowest BCUT2D eigenvalue weighted by molar-refractivity contribution is -0.384. The molecule has 0 aliphatic heterocycles. The summed E-state index contributed by atoms with van der Waals surface area (Å²) < 4.78 is 0. The Balaban J connectivity index is 2.83. The van der Waals surface area contributed by atoms with Gasteiger partial charge >= 0.3 is 0 Å². The fourth-order valence-corrected chi connectivity index (χ4v) is 0.871. The van der Waals surface area contributed by atoms with Crippen LogP contribution in [0.2, 0.25) is 0 Å². The van der Waals surface area contributed by atoms with Gasteiger partial charge in [-0.3, -0.25) is 10.1 Å². The molecule has 0 saturated carbocycles. The number of carbonyl (C=O) groups is 1. The van der Waals surface area contributed by atoms with E-state index in [1.807, 2.05) is 0 Å². The van der Waals surface area contributed by atoms with Crippen molar-refractivity contribution in [3.05, 3.63) is 46.0 Å². The predicted molar refractivity (Wildman–Crippen MR) is 47.1 cm³/mol. The Kier molecular flexibility index (Phi) is 2.96. The number of nitro benzene ring substituents is 1. The summed E-state index contributed by atoms with van der Waals surface area (Å²) in [5, 5.41) is 20.3. The van der Waals surface area contributed by atoms with E-state index < -0.39 is 10.9 Å². The van der Waals surface area contributed by atoms with Gasteiger partial charge in [0.2, 0.25) is 0 Å². The molecule has 0 aliphatic carbocycles. The van der Waals surface area contributed by atoms with Crippen LogP contribution in [0.1, 0.15) is 5.56 Å². The van der Waals surface area contributed by atoms with E-state index in [9.17, 15) is 20.0 Å². The lowest BCUT2D eigenvalue weighted by atomic mass is 10.2. The molecule has 5 heteroatoms. The Morgan fingerprint density at radius 1 is 1.29 bits per heavy atom. The molecule has 0 radical (unpaired) electrons. The maximum Gasteiger partial charge on any atom is 0.269 e. The molecule has 72 valence electrons. The molecule has 0 amide bonds. The number of rotatable bonds is 3. The molecule has 1 aromatic rings. The van der Waals surface area contributed by atoms with Gasteiger partial charge in [0, 0.05) is 12.1 Å². The Hall–Kier alpha value is -2.17. The molecule has 0 N–H and O–H groups in total. The van der Waals surface area contributed by atoms with Crippen molar-refractivity contribution in [3.8, 4) is 0 Å². The molecular formula is C9H6NO4-. The van der Waals surface area contributed by atoms with Crippen molar-refractivity contribution in [2.24, 2.45) is 0 Å². The highest BCUT2D eigenvalue weighted by Gasteiger charge is 2.01. The number of hydrogen-bond acceptors (Lipinski definition) is 4. The number of nitro groups is 1. The van der Waals surface area contributed by atoms with Gasteiger partial charge in [-0.1, -0.05) is 6.08 Å². The second kappa shape index (κ2) is 4.18. The van der Waals surface area contributed by atoms with Crippen molar-refractivity contribution >= 4 is 17.7 Å². The number of benzene rings is 1. The largest absolute Gasteiger partial charge is 0.545 e. The van der Waals surface area contributed by atoms with Crippen molar-refractivity contribution in [1.29, 1.82) is 0 Å². The minimum absolute atomic E-state index is 0.0319. The van der Waals surface area contributed by atoms with Gasteiger partial charge in [-0.05, 0) is 23.8 Å². The summed E-state index contributed by atoms with van der Waals surface area (Å²) >= 11 is 0. The van der Waals surface area contributed by atoms with Crippen molar-refractivity contribution in [2.75, 3.05) is 0 Å². The van der Waals surface area contributed by atoms with Crippen LogP contribution in [0.5, 0.6) is 0 Å². The predicted octanol–water partition coefficient (Wildman–Crippen LogP) is 0.358. The first-order valence-electron chi connectivity index (χ1n) is 3.73. The van der Waals surface area contributed by atoms with E-state index >= 15 is 0 Å². The topological polar surface area (TPSA) is 83.3 Å². The number of carbonyl (C=O) groups excluding carboxylic acids is 1. The van der Waals surface area contributed by atoms with Crippen LogP contribution in [-0.4, -0.2) is 10.9 Å². The molecule has 5 nitrogen and oxygen atoms in total. The first-order chi connectivity index (χ1) is 6.59. The third kappa shape index (κ3) is 2.71. The van der Waals surface area contributed by atoms with Gasteiger partial charge < -0.3 is 9.90 Å². The molecule has 0 fully saturated rings. The van der Waals surface area contributed by atoms with Crippen LogP contribution in [0.4, 0.5) is 5.69 Å². The minimum Gasteiger partial charge on any atom is -0.545 e. The molecule has 0 bridgehead atoms. The fraction of sp³-hybridized carbons (Fsp3) is 0. The minimum atomic E-state index is -1.30. The van der Waals surface area contributed by atoms with E-state index in [1.165, 1.54) is 30.3 Å². The van der Waals surface area contributed by atoms with Crippen LogP contribution in [-0.2, 0) is 4.79 Å². The average Bonchev–Trinajstić information content (AvgIpc) is 2.15. The summed E-state index contributed by atoms with van der Waals surface area (Å²) in [6.07, 6.45) is 2.17. The quantitative estimate of drug-likeness (QED) is 0.393. The van der Waals surface area contributed by atoms with Gasteiger partial charge in [0.1, 0.15) is 0 Å². The number of carboxylic acid groups (broad SMARTS) is 1. The molecule has 0 aliphatic rings. The summed E-state index contributed by atoms with van der Waals surface area (Å²) in [5.74, 6) is -1.30. The summed E-state index contributed by atoms with van der Waals surface area (Å²) in [7, 11) is 0. The van der Waals surface area contributed by atoms with Gasteiger partial charge in [0.25, 0.3) is 5.69 Å². The maximum atomic E-state index is 10.3. The van der Waals surface area contributed by atoms with Gasteiger partial charge in [-0.15, -0.1) is 0 Å². The van der Waals surface area contributed by atoms with Crippen LogP contribution in [0, 0.1) is 10.1 Å². The van der Waals surface area contributed by atoms with Gasteiger partial charge in [-0.25, -0.2) is 0 Å². The van der Waals surface area contributed by atoms with Crippen molar-refractivity contribution in [2.45, 2.75) is 0 Å². The number of nitrogens with zero attached hydrogens (tertiary/aromatic N) is 1. The van der Waals surface area contributed by atoms with Crippen LogP contribution < -0.4 is 5.11 Å². The number of hydrogen-bond donors (Lipinski definition) is 0. The average molecular weight is 192 g/mol. The molecule has 0 heterocycles. The van der Waals surface area contributed by atoms with Crippen LogP contribution >= 0.6 is 0 Å². The van der Waals surface area contributed by atoms with Crippen LogP contribution in [0.15, 0.2) is 30.3 Å². The van der Waals surface area contributed by atoms with Gasteiger partial charge in [0.05, 0.1) is 10.9 Å². The lowest BCUT2D eigenvalue weighted by Gasteiger charge is -1.94. The standard InChI is InChI=1S/C9H7NO4/c11-9(12)6-3-7-1-4-8(5-2-7)10(13)14/h1-6H,(H,11,12)/p-1/b6-3+. The number of carboxylic acids is 1. The number of non-ortho nitro benzene ring substituents is 1. The lowest BCUT2D eigenvalue weighted by Crippen LogP contribution is -2.18. The summed E-state index contributed by atoms with van der Waals surface area (Å²) in [4.78, 5) is 19.8. The van der Waals surface area contributed by atoms with E-state index in [0.29, 0.717) is 5.56 Å². The fourth-order valence-electron chi connectivity index (χ4n) is 0.871. The maximum absolute atomic E-state index is 10.3. The van der Waals surface area contributed by atoms with Crippen molar-refractivity contribution < 1.29 is 14.8 Å². The van der Waals surface area contributed by atoms with Crippen LogP contribution in [0.25, 0.3) is 6.08 Å². The molecule has 0 spiro atoms. The summed E-state index contributed by atoms with van der Waals surface area (Å²) in [6.45, 7) is 0. The molecule has 0 saturated heterocycles. The van der Waals surface area contributed by atoms with Crippen molar-refractivity contribution in [1.82, 2.24) is 0 Å². The highest BCUT2D eigenvalue weighted by Crippen LogP contribution is 2.12. The second-order valence-corrected chi connectivity index (χ2v) is 2.50. The first-order valence-corrected chi connectivity index (χ1v) is 3.73. The van der Waals surface area contributed by atoms with E-state index in [-0.39, 0.29) is 5.69 Å². The van der Waals surface area contributed by atoms with E-state index in [1.54, 1.807) is 0 Å². The Bertz CT molecular complexity index is 380. The molecule has 14 heavy (non-hydrogen) atoms. The second-order valence-electron chi connectivity index (χ2n) is 2.50. The molecule has 0 unspecified atom stereocenters. The Morgan fingerprint density at radius 2 is 1.86 bits per heavy atom. The SMILES string of the molecule is O=C([O-])/C=C/c1ccc([N+](=O)[O-])cc1. The smallest absolute Gasteiger partial charge is 0.269 e. The highest BCUT2D eigenvalue weighted by molar-refractivity contribution is 5.83. The molecule has 0 atom stereocenters. The highest BCUT2D eigenvalue weighted by atomic mass is 16.6. The molecular weight excluding hydrogens is 186 g/mol. The Morgan fingerprint density at radius 3 is 2.29 bits per heavy atom. The third-order valence-electron chi connectivity index (χ3n) is 1.52. The monoisotopic (exact) mass is 192 g/mol. The van der Waals surface area contributed by atoms with Crippen LogP contribution in [0.3, 0.4) is 0 Å². The molecule has 1 aromatic carbocycles. The summed E-state index contributed by atoms with van der Waals surface area (Å²) in [6, 6.07) is 5.51. The zero-order valence-corrected chi connectivity index (χ0v) is 7.04. The van der Waals surface area contributed by atoms with Crippen molar-refractivity contribution in [3.63, 3.8) is 0 Å². The van der Waals surface area contributed by atoms with E-state index in [0.717, 1.165) is 6.08 Å². The van der Waals surface area contributed by atoms with E-state index in [2.05, 4.69) is 0 Å². The first kappa shape index (κ1) is 9.91. The number of aliphatic carboxylic acids is 1. The zero-order chi connectivity index (χ0) is 10.6. The molecule has 1 rings (SSSR count). The zero-order valence-electron chi connectivity index (χ0n) is 7.04. The van der Waals surface area contributed by atoms with E-state index in [4.69, 9.17) is 0 Å². The third-order valence-corrected chi connectivity index (χ3v) is 1.52. The Labute approximate surface area is 79.4 Å². The normalized spacial score (nSPS) is 10.3. The van der Waals surface area contributed by atoms with Gasteiger partial charge in [0.15, 0.2) is 0 Å².